The van der Waals surface area contributed by atoms with Gasteiger partial charge in [-0.1, -0.05) is 26.2 Å². The average molecular weight is 346 g/mol. The van der Waals surface area contributed by atoms with E-state index in [2.05, 4.69) is 18.8 Å². The normalized spacial score (nSPS) is 13.5. The molecule has 0 aromatic heterocycles. The van der Waals surface area contributed by atoms with Crippen LogP contribution < -0.4 is 0 Å². The minimum absolute atomic E-state index is 0.114. The quantitative estimate of drug-likeness (QED) is 0.303. The summed E-state index contributed by atoms with van der Waals surface area (Å²) in [6.07, 6.45) is 3.36. The van der Waals surface area contributed by atoms with Crippen molar-refractivity contribution in [3.63, 3.8) is 0 Å². The topological polar surface area (TPSA) is 77.4 Å². The van der Waals surface area contributed by atoms with Crippen LogP contribution in [0.4, 0.5) is 0 Å². The van der Waals surface area contributed by atoms with E-state index in [0.29, 0.717) is 26.2 Å². The van der Waals surface area contributed by atoms with E-state index in [1.807, 2.05) is 20.8 Å². The first-order valence-electron chi connectivity index (χ1n) is 8.93. The number of rotatable bonds is 13. The molecule has 142 valence electrons. The van der Waals surface area contributed by atoms with Crippen LogP contribution >= 0.6 is 0 Å². The number of hydrogen-bond acceptors (Lipinski definition) is 6. The molecule has 0 heterocycles. The molecule has 0 aliphatic carbocycles. The maximum Gasteiger partial charge on any atom is 0.348 e. The van der Waals surface area contributed by atoms with Gasteiger partial charge in [0.05, 0.1) is 6.61 Å². The van der Waals surface area contributed by atoms with Gasteiger partial charge in [-0.15, -0.1) is 0 Å². The molecule has 0 aliphatic heterocycles. The molecule has 1 unspecified atom stereocenters. The van der Waals surface area contributed by atoms with Gasteiger partial charge < -0.3 is 29.2 Å². The van der Waals surface area contributed by atoms with E-state index < -0.39 is 17.9 Å². The van der Waals surface area contributed by atoms with E-state index in [4.69, 9.17) is 18.9 Å². The monoisotopic (exact) mass is 346 g/mol. The molecule has 2 N–H and O–H groups in total. The van der Waals surface area contributed by atoms with Crippen LogP contribution in [-0.2, 0) is 18.9 Å². The minimum Gasteiger partial charge on any atom is -0.372 e. The lowest BCUT2D eigenvalue weighted by atomic mass is 10.0. The van der Waals surface area contributed by atoms with Gasteiger partial charge >= 0.3 is 5.97 Å². The zero-order valence-corrected chi connectivity index (χ0v) is 15.8. The standard InChI is InChI=1S/C18H34O6/c1-6-11-12-13-16(21-7-2)17(22-8-3,23-9-4)14-15-18(19,20)24-10-5/h16,19-20H,6-13H2,1-5H3. The van der Waals surface area contributed by atoms with Gasteiger partial charge in [0.2, 0.25) is 0 Å². The van der Waals surface area contributed by atoms with Gasteiger partial charge in [-0.2, -0.15) is 0 Å². The highest BCUT2D eigenvalue weighted by Crippen LogP contribution is 2.26. The Morgan fingerprint density at radius 3 is 1.83 bits per heavy atom. The third-order valence-electron chi connectivity index (χ3n) is 3.32. The van der Waals surface area contributed by atoms with Crippen molar-refractivity contribution in [3.05, 3.63) is 0 Å². The van der Waals surface area contributed by atoms with Crippen LogP contribution in [0.2, 0.25) is 0 Å². The number of hydrogen-bond donors (Lipinski definition) is 2. The molecule has 0 saturated heterocycles. The maximum atomic E-state index is 9.75. The molecule has 0 radical (unpaired) electrons. The molecule has 0 aromatic carbocycles. The molecular formula is C18H34O6. The van der Waals surface area contributed by atoms with Crippen molar-refractivity contribution in [2.24, 2.45) is 0 Å². The number of ether oxygens (including phenoxy) is 4. The second kappa shape index (κ2) is 12.6. The van der Waals surface area contributed by atoms with E-state index in [-0.39, 0.29) is 6.61 Å². The predicted octanol–water partition coefficient (Wildman–Crippen LogP) is 2.42. The van der Waals surface area contributed by atoms with Crippen molar-refractivity contribution in [3.8, 4) is 11.8 Å². The molecule has 0 spiro atoms. The van der Waals surface area contributed by atoms with Gasteiger partial charge in [0.25, 0.3) is 5.79 Å². The molecular weight excluding hydrogens is 312 g/mol. The summed E-state index contributed by atoms with van der Waals surface area (Å²) >= 11 is 0. The predicted molar refractivity (Wildman–Crippen MR) is 92.1 cm³/mol. The van der Waals surface area contributed by atoms with Gasteiger partial charge in [0, 0.05) is 19.8 Å². The Bertz CT molecular complexity index is 365. The van der Waals surface area contributed by atoms with Gasteiger partial charge in [-0.25, -0.2) is 0 Å². The molecule has 1 atom stereocenters. The van der Waals surface area contributed by atoms with Crippen LogP contribution in [0.25, 0.3) is 0 Å². The highest BCUT2D eigenvalue weighted by atomic mass is 16.8. The van der Waals surface area contributed by atoms with Gasteiger partial charge in [-0.3, -0.25) is 0 Å². The zero-order valence-electron chi connectivity index (χ0n) is 15.8. The molecule has 24 heavy (non-hydrogen) atoms. The van der Waals surface area contributed by atoms with Gasteiger partial charge in [0.1, 0.15) is 6.10 Å². The van der Waals surface area contributed by atoms with Crippen LogP contribution in [-0.4, -0.2) is 54.5 Å². The summed E-state index contributed by atoms with van der Waals surface area (Å²) in [7, 11) is 0. The first-order valence-corrected chi connectivity index (χ1v) is 8.93. The second-order valence-corrected chi connectivity index (χ2v) is 5.26. The van der Waals surface area contributed by atoms with Crippen molar-refractivity contribution in [2.45, 2.75) is 78.2 Å². The SMILES string of the molecule is CCCCCC(OCC)C(C#CC(O)(O)OCC)(OCC)OCC. The third-order valence-corrected chi connectivity index (χ3v) is 3.32. The van der Waals surface area contributed by atoms with Crippen molar-refractivity contribution in [1.82, 2.24) is 0 Å². The largest absolute Gasteiger partial charge is 0.372 e. The Morgan fingerprint density at radius 2 is 1.38 bits per heavy atom. The van der Waals surface area contributed by atoms with E-state index in [9.17, 15) is 10.2 Å². The third kappa shape index (κ3) is 8.43. The smallest absolute Gasteiger partial charge is 0.348 e. The lowest BCUT2D eigenvalue weighted by molar-refractivity contribution is -0.294. The summed E-state index contributed by atoms with van der Waals surface area (Å²) in [5, 5.41) is 19.5. The number of aliphatic hydroxyl groups is 2. The van der Waals surface area contributed by atoms with Crippen molar-refractivity contribution < 1.29 is 29.2 Å². The first kappa shape index (κ1) is 23.3. The zero-order chi connectivity index (χ0) is 18.5. The molecule has 0 fully saturated rings. The van der Waals surface area contributed by atoms with Crippen molar-refractivity contribution >= 4 is 0 Å². The van der Waals surface area contributed by atoms with Gasteiger partial charge in [0.15, 0.2) is 0 Å². The summed E-state index contributed by atoms with van der Waals surface area (Å²) in [5.74, 6) is 1.13. The molecule has 0 rings (SSSR count). The van der Waals surface area contributed by atoms with E-state index in [0.717, 1.165) is 19.3 Å². The van der Waals surface area contributed by atoms with E-state index in [1.54, 1.807) is 6.92 Å². The molecule has 0 bridgehead atoms. The molecule has 0 saturated carbocycles. The molecule has 6 nitrogen and oxygen atoms in total. The van der Waals surface area contributed by atoms with Crippen LogP contribution in [0.3, 0.4) is 0 Å². The minimum atomic E-state index is -2.55. The summed E-state index contributed by atoms with van der Waals surface area (Å²) in [4.78, 5) is 0. The maximum absolute atomic E-state index is 9.75. The second-order valence-electron chi connectivity index (χ2n) is 5.26. The Balaban J connectivity index is 5.58. The Hall–Kier alpha value is -0.680. The summed E-state index contributed by atoms with van der Waals surface area (Å²) < 4.78 is 22.2. The molecule has 6 heteroatoms. The summed E-state index contributed by atoms with van der Waals surface area (Å²) in [6.45, 7) is 10.6. The Labute approximate surface area is 146 Å². The van der Waals surface area contributed by atoms with Crippen molar-refractivity contribution in [1.29, 1.82) is 0 Å². The Morgan fingerprint density at radius 1 is 0.792 bits per heavy atom. The molecule has 0 amide bonds. The van der Waals surface area contributed by atoms with E-state index >= 15 is 0 Å². The van der Waals surface area contributed by atoms with Crippen LogP contribution in [0.15, 0.2) is 0 Å². The number of unbranched alkanes of at least 4 members (excludes halogenated alkanes) is 2. The van der Waals surface area contributed by atoms with Crippen LogP contribution in [0, 0.1) is 11.8 Å². The van der Waals surface area contributed by atoms with Gasteiger partial charge in [-0.05, 0) is 46.0 Å². The fourth-order valence-electron chi connectivity index (χ4n) is 2.38. The molecule has 0 aliphatic rings. The van der Waals surface area contributed by atoms with Crippen LogP contribution in [0.1, 0.15) is 60.3 Å². The average Bonchev–Trinajstić information content (AvgIpc) is 2.52. The fraction of sp³-hybridized carbons (Fsp3) is 0.889. The molecule has 0 aromatic rings. The fourth-order valence-corrected chi connectivity index (χ4v) is 2.38. The summed E-state index contributed by atoms with van der Waals surface area (Å²) in [6, 6.07) is 0. The lowest BCUT2D eigenvalue weighted by Gasteiger charge is -2.35. The highest BCUT2D eigenvalue weighted by molar-refractivity contribution is 5.17. The van der Waals surface area contributed by atoms with E-state index in [1.165, 1.54) is 0 Å². The van der Waals surface area contributed by atoms with Crippen LogP contribution in [0.5, 0.6) is 0 Å². The highest BCUT2D eigenvalue weighted by Gasteiger charge is 2.41. The van der Waals surface area contributed by atoms with Crippen molar-refractivity contribution in [2.75, 3.05) is 26.4 Å². The first-order chi connectivity index (χ1) is 11.4. The summed E-state index contributed by atoms with van der Waals surface area (Å²) in [5.41, 5.74) is 0. The Kier molecular flexibility index (Phi) is 12.3. The lowest BCUT2D eigenvalue weighted by Crippen LogP contribution is -2.48.